The number of hydrogen-bond donors (Lipinski definition) is 2. The molecule has 2 aliphatic heterocycles. The highest BCUT2D eigenvalue weighted by molar-refractivity contribution is 5.41. The molecule has 0 saturated carbocycles. The van der Waals surface area contributed by atoms with E-state index in [1.54, 1.807) is 0 Å². The Hall–Kier alpha value is -0.680. The predicted octanol–water partition coefficient (Wildman–Crippen LogP) is 3.09. The molecule has 1 saturated heterocycles. The summed E-state index contributed by atoms with van der Waals surface area (Å²) >= 11 is 0. The topological polar surface area (TPSA) is 62.2 Å². The average Bonchev–Trinajstić information content (AvgIpc) is 3.05. The Labute approximate surface area is 144 Å². The molecule has 0 aromatic heterocycles. The first kappa shape index (κ1) is 16.8. The van der Waals surface area contributed by atoms with Gasteiger partial charge in [-0.05, 0) is 62.9 Å². The summed E-state index contributed by atoms with van der Waals surface area (Å²) in [5.74, 6) is -1.09. The van der Waals surface area contributed by atoms with Gasteiger partial charge in [-0.15, -0.1) is 0 Å². The van der Waals surface area contributed by atoms with Gasteiger partial charge in [0.1, 0.15) is 6.10 Å². The van der Waals surface area contributed by atoms with Crippen molar-refractivity contribution in [2.24, 2.45) is 11.3 Å². The van der Waals surface area contributed by atoms with Crippen LogP contribution in [0.5, 0.6) is 0 Å². The molecule has 4 rings (SSSR count). The van der Waals surface area contributed by atoms with Crippen LogP contribution in [0.3, 0.4) is 0 Å². The standard InChI is InChI=1S/C20H30O4/c1-12-6-5-8-19(4)17(24-19)20(22)16-14(11-23-20)18(3,9-7-12)13(2)10-15(16)21/h6,13,15,17,21-22H,5,7-11H2,1-4H3/b12-6+/t13-,15-,17+,18+,19-,20-/m0/s1. The van der Waals surface area contributed by atoms with Gasteiger partial charge >= 0.3 is 0 Å². The lowest BCUT2D eigenvalue weighted by atomic mass is 9.61. The van der Waals surface area contributed by atoms with E-state index in [-0.39, 0.29) is 17.1 Å². The Balaban J connectivity index is 1.82. The first-order valence-corrected chi connectivity index (χ1v) is 9.32. The summed E-state index contributed by atoms with van der Waals surface area (Å²) in [6.07, 6.45) is 5.88. The van der Waals surface area contributed by atoms with Gasteiger partial charge in [0.25, 0.3) is 0 Å². The van der Waals surface area contributed by atoms with Gasteiger partial charge in [-0.3, -0.25) is 0 Å². The van der Waals surface area contributed by atoms with Crippen molar-refractivity contribution in [1.29, 1.82) is 0 Å². The predicted molar refractivity (Wildman–Crippen MR) is 91.3 cm³/mol. The Morgan fingerprint density at radius 3 is 2.75 bits per heavy atom. The van der Waals surface area contributed by atoms with Crippen molar-refractivity contribution in [1.82, 2.24) is 0 Å². The van der Waals surface area contributed by atoms with Gasteiger partial charge in [-0.2, -0.15) is 0 Å². The molecule has 4 aliphatic rings. The maximum absolute atomic E-state index is 11.3. The number of ether oxygens (including phenoxy) is 2. The molecule has 0 aromatic rings. The van der Waals surface area contributed by atoms with Crippen molar-refractivity contribution < 1.29 is 19.7 Å². The minimum atomic E-state index is -1.46. The molecule has 0 amide bonds. The number of aliphatic hydroxyl groups excluding tert-OH is 1. The molecule has 0 unspecified atom stereocenters. The van der Waals surface area contributed by atoms with E-state index >= 15 is 0 Å². The average molecular weight is 334 g/mol. The van der Waals surface area contributed by atoms with Gasteiger partial charge in [0.05, 0.1) is 18.3 Å². The largest absolute Gasteiger partial charge is 0.389 e. The van der Waals surface area contributed by atoms with Crippen molar-refractivity contribution in [3.8, 4) is 0 Å². The minimum absolute atomic E-state index is 0.0430. The fourth-order valence-corrected chi connectivity index (χ4v) is 5.17. The summed E-state index contributed by atoms with van der Waals surface area (Å²) in [5.41, 5.74) is 2.83. The zero-order valence-corrected chi connectivity index (χ0v) is 15.3. The molecule has 0 aromatic carbocycles. The fraction of sp³-hybridized carbons (Fsp3) is 0.800. The number of epoxide rings is 1. The maximum atomic E-state index is 11.3. The monoisotopic (exact) mass is 334 g/mol. The van der Waals surface area contributed by atoms with E-state index in [9.17, 15) is 10.2 Å². The number of rotatable bonds is 0. The molecule has 24 heavy (non-hydrogen) atoms. The van der Waals surface area contributed by atoms with Gasteiger partial charge in [0, 0.05) is 5.57 Å². The van der Waals surface area contributed by atoms with Crippen LogP contribution >= 0.6 is 0 Å². The van der Waals surface area contributed by atoms with Gasteiger partial charge < -0.3 is 19.7 Å². The van der Waals surface area contributed by atoms with E-state index in [0.29, 0.717) is 24.5 Å². The Bertz CT molecular complexity index is 623. The number of hydrogen-bond acceptors (Lipinski definition) is 4. The number of fused-ring (bicyclic) bond motifs is 2. The van der Waals surface area contributed by atoms with Crippen molar-refractivity contribution in [3.63, 3.8) is 0 Å². The van der Waals surface area contributed by atoms with Crippen LogP contribution in [0.15, 0.2) is 22.8 Å². The minimum Gasteiger partial charge on any atom is -0.389 e. The summed E-state index contributed by atoms with van der Waals surface area (Å²) in [7, 11) is 0. The van der Waals surface area contributed by atoms with Gasteiger partial charge in [-0.1, -0.05) is 25.5 Å². The van der Waals surface area contributed by atoms with Crippen molar-refractivity contribution in [3.05, 3.63) is 22.8 Å². The zero-order valence-electron chi connectivity index (χ0n) is 15.3. The van der Waals surface area contributed by atoms with E-state index in [1.165, 1.54) is 5.57 Å². The quantitative estimate of drug-likeness (QED) is 0.528. The van der Waals surface area contributed by atoms with Crippen LogP contribution in [-0.4, -0.2) is 40.4 Å². The molecule has 0 spiro atoms. The molecule has 2 aliphatic carbocycles. The first-order valence-electron chi connectivity index (χ1n) is 9.32. The lowest BCUT2D eigenvalue weighted by Gasteiger charge is -2.44. The summed E-state index contributed by atoms with van der Waals surface area (Å²) < 4.78 is 11.9. The fourth-order valence-electron chi connectivity index (χ4n) is 5.17. The highest BCUT2D eigenvalue weighted by Gasteiger charge is 2.68. The summed E-state index contributed by atoms with van der Waals surface area (Å²) in [5, 5.41) is 22.1. The normalized spacial score (nSPS) is 53.6. The second-order valence-electron chi connectivity index (χ2n) is 8.85. The van der Waals surface area contributed by atoms with Crippen LogP contribution in [0.2, 0.25) is 0 Å². The van der Waals surface area contributed by atoms with Crippen LogP contribution in [0, 0.1) is 11.3 Å². The van der Waals surface area contributed by atoms with Crippen LogP contribution in [0.4, 0.5) is 0 Å². The molecule has 4 bridgehead atoms. The molecule has 4 heteroatoms. The lowest BCUT2D eigenvalue weighted by molar-refractivity contribution is -0.175. The van der Waals surface area contributed by atoms with Crippen molar-refractivity contribution in [2.45, 2.75) is 83.4 Å². The molecule has 2 N–H and O–H groups in total. The molecular formula is C20H30O4. The third-order valence-corrected chi connectivity index (χ3v) is 7.25. The maximum Gasteiger partial charge on any atom is 0.221 e. The second kappa shape index (κ2) is 5.16. The van der Waals surface area contributed by atoms with Gasteiger partial charge in [-0.25, -0.2) is 0 Å². The van der Waals surface area contributed by atoms with E-state index in [4.69, 9.17) is 9.47 Å². The zero-order chi connectivity index (χ0) is 17.3. The van der Waals surface area contributed by atoms with Crippen LogP contribution in [-0.2, 0) is 9.47 Å². The molecule has 0 radical (unpaired) electrons. The van der Waals surface area contributed by atoms with E-state index < -0.39 is 11.9 Å². The SMILES string of the molecule is C/C1=C\CC[C@]2(C)O[C@H]2[C@@]2(O)OCC3=C2[C@@H](O)C[C@H](C)[C@@]3(C)CC1. The van der Waals surface area contributed by atoms with Crippen LogP contribution in [0.1, 0.15) is 59.8 Å². The highest BCUT2D eigenvalue weighted by Crippen LogP contribution is 2.59. The summed E-state index contributed by atoms with van der Waals surface area (Å²) in [6.45, 7) is 9.15. The third-order valence-electron chi connectivity index (χ3n) is 7.25. The molecule has 134 valence electrons. The Kier molecular flexibility index (Phi) is 3.61. The lowest BCUT2D eigenvalue weighted by Crippen LogP contribution is -2.47. The summed E-state index contributed by atoms with van der Waals surface area (Å²) in [4.78, 5) is 0. The van der Waals surface area contributed by atoms with E-state index in [2.05, 4.69) is 26.8 Å². The molecule has 1 fully saturated rings. The highest BCUT2D eigenvalue weighted by atomic mass is 16.7. The van der Waals surface area contributed by atoms with E-state index in [1.807, 2.05) is 6.92 Å². The van der Waals surface area contributed by atoms with E-state index in [0.717, 1.165) is 31.3 Å². The van der Waals surface area contributed by atoms with Crippen LogP contribution < -0.4 is 0 Å². The Morgan fingerprint density at radius 2 is 2.00 bits per heavy atom. The van der Waals surface area contributed by atoms with Crippen molar-refractivity contribution in [2.75, 3.05) is 6.61 Å². The van der Waals surface area contributed by atoms with Gasteiger partial charge in [0.2, 0.25) is 5.79 Å². The van der Waals surface area contributed by atoms with Gasteiger partial charge in [0.15, 0.2) is 0 Å². The van der Waals surface area contributed by atoms with Crippen LogP contribution in [0.25, 0.3) is 0 Å². The second-order valence-corrected chi connectivity index (χ2v) is 8.85. The van der Waals surface area contributed by atoms with Crippen molar-refractivity contribution >= 4 is 0 Å². The molecule has 4 nitrogen and oxygen atoms in total. The molecule has 6 atom stereocenters. The molecule has 2 heterocycles. The Morgan fingerprint density at radius 1 is 1.25 bits per heavy atom. The first-order chi connectivity index (χ1) is 11.2. The summed E-state index contributed by atoms with van der Waals surface area (Å²) in [6, 6.07) is 0. The number of aliphatic hydroxyl groups is 2. The molecular weight excluding hydrogens is 304 g/mol. The smallest absolute Gasteiger partial charge is 0.221 e. The third kappa shape index (κ3) is 2.20. The number of allylic oxidation sites excluding steroid dienone is 2.